The molecule has 2 bridgehead atoms. The van der Waals surface area contributed by atoms with Crippen molar-refractivity contribution in [2.24, 2.45) is 5.92 Å². The van der Waals surface area contributed by atoms with Crippen molar-refractivity contribution in [2.45, 2.75) is 74.5 Å². The topological polar surface area (TPSA) is 76.1 Å². The Morgan fingerprint density at radius 2 is 2.08 bits per heavy atom. The Morgan fingerprint density at radius 1 is 1.22 bits per heavy atom. The van der Waals surface area contributed by atoms with Gasteiger partial charge in [-0.1, -0.05) is 29.8 Å². The lowest BCUT2D eigenvalue weighted by atomic mass is 9.48. The van der Waals surface area contributed by atoms with E-state index < -0.39 is 17.1 Å². The third-order valence-corrected chi connectivity index (χ3v) is 9.56. The van der Waals surface area contributed by atoms with Crippen LogP contribution in [0.1, 0.15) is 55.2 Å². The van der Waals surface area contributed by atoms with Crippen LogP contribution in [0.2, 0.25) is 5.02 Å². The van der Waals surface area contributed by atoms with Crippen LogP contribution in [0, 0.1) is 5.92 Å². The van der Waals surface area contributed by atoms with E-state index >= 15 is 0 Å². The predicted octanol–water partition coefficient (Wildman–Crippen LogP) is 4.36. The van der Waals surface area contributed by atoms with Gasteiger partial charge in [-0.25, -0.2) is 0 Å². The van der Waals surface area contributed by atoms with Crippen LogP contribution in [-0.2, 0) is 32.6 Å². The van der Waals surface area contributed by atoms with Crippen molar-refractivity contribution in [1.29, 1.82) is 0 Å². The van der Waals surface area contributed by atoms with Crippen molar-refractivity contribution in [2.75, 3.05) is 13.1 Å². The molecule has 4 atom stereocenters. The maximum atomic E-state index is 13.5. The summed E-state index contributed by atoms with van der Waals surface area (Å²) in [5.74, 6) is 0.968. The fourth-order valence-electron chi connectivity index (χ4n) is 7.64. The standard InChI is InChI=1S/C29H30ClNO5/c30-20-3-1-2-17(14-20)6-9-24(34)36-29-11-10-22(33)27-28(29)12-13-31(16-18-4-5-18)23(29)15-19-7-8-21(32)26(35-27)25(19)28/h1-3,7-8,14,18,23,27,32H,4-6,9-13,15-16H2/t23?,27-,28-,29+/m0/s1. The minimum absolute atomic E-state index is 0.0100. The molecule has 6 nitrogen and oxygen atoms in total. The van der Waals surface area contributed by atoms with Crippen LogP contribution in [0.25, 0.3) is 0 Å². The van der Waals surface area contributed by atoms with Gasteiger partial charge in [0.05, 0.1) is 11.5 Å². The number of phenols is 1. The smallest absolute Gasteiger partial charge is 0.306 e. The van der Waals surface area contributed by atoms with Crippen LogP contribution in [0.3, 0.4) is 0 Å². The number of likely N-dealkylation sites (tertiary alicyclic amines) is 1. The maximum absolute atomic E-state index is 13.5. The van der Waals surface area contributed by atoms with Crippen LogP contribution < -0.4 is 4.74 Å². The molecule has 0 aromatic heterocycles. The summed E-state index contributed by atoms with van der Waals surface area (Å²) in [4.78, 5) is 29.3. The first-order chi connectivity index (χ1) is 17.4. The average molecular weight is 508 g/mol. The zero-order valence-corrected chi connectivity index (χ0v) is 20.9. The molecule has 1 saturated heterocycles. The number of esters is 1. The molecule has 2 aliphatic heterocycles. The molecule has 3 aliphatic carbocycles. The van der Waals surface area contributed by atoms with Gasteiger partial charge in [-0.3, -0.25) is 14.5 Å². The summed E-state index contributed by atoms with van der Waals surface area (Å²) < 4.78 is 12.9. The Morgan fingerprint density at radius 3 is 2.89 bits per heavy atom. The molecular weight excluding hydrogens is 478 g/mol. The Kier molecular flexibility index (Phi) is 5.00. The van der Waals surface area contributed by atoms with Gasteiger partial charge < -0.3 is 14.6 Å². The van der Waals surface area contributed by atoms with E-state index in [1.165, 1.54) is 12.8 Å². The lowest BCUT2D eigenvalue weighted by Crippen LogP contribution is -2.77. The van der Waals surface area contributed by atoms with Crippen LogP contribution in [0.15, 0.2) is 36.4 Å². The van der Waals surface area contributed by atoms with Crippen molar-refractivity contribution in [3.63, 3.8) is 0 Å². The van der Waals surface area contributed by atoms with Gasteiger partial charge >= 0.3 is 5.97 Å². The van der Waals surface area contributed by atoms with Crippen molar-refractivity contribution in [1.82, 2.24) is 4.90 Å². The van der Waals surface area contributed by atoms with Crippen molar-refractivity contribution in [3.8, 4) is 11.5 Å². The van der Waals surface area contributed by atoms with Gasteiger partial charge in [-0.2, -0.15) is 0 Å². The molecule has 1 spiro atoms. The summed E-state index contributed by atoms with van der Waals surface area (Å²) in [6.45, 7) is 1.84. The number of ether oxygens (including phenoxy) is 2. The lowest BCUT2D eigenvalue weighted by Gasteiger charge is -2.63. The SMILES string of the molecule is O=C(CCc1cccc(Cl)c1)O[C@@]12CCC(=O)[C@@H]3Oc4c(O)ccc5c4[C@@]31CCN(CC1CC1)C2C5. The molecule has 7 rings (SSSR count). The van der Waals surface area contributed by atoms with Gasteiger partial charge in [0.2, 0.25) is 0 Å². The average Bonchev–Trinajstić information content (AvgIpc) is 3.60. The van der Waals surface area contributed by atoms with Gasteiger partial charge in [0, 0.05) is 30.0 Å². The van der Waals surface area contributed by atoms with Crippen LogP contribution in [0.5, 0.6) is 11.5 Å². The summed E-state index contributed by atoms with van der Waals surface area (Å²) in [6.07, 6.45) is 4.77. The quantitative estimate of drug-likeness (QED) is 0.585. The van der Waals surface area contributed by atoms with E-state index in [0.29, 0.717) is 42.4 Å². The van der Waals surface area contributed by atoms with Crippen molar-refractivity contribution < 1.29 is 24.2 Å². The number of hydrogen-bond acceptors (Lipinski definition) is 6. The van der Waals surface area contributed by atoms with E-state index in [1.807, 2.05) is 30.3 Å². The molecular formula is C29H30ClNO5. The number of piperidine rings is 1. The predicted molar refractivity (Wildman–Crippen MR) is 133 cm³/mol. The molecule has 36 heavy (non-hydrogen) atoms. The molecule has 2 heterocycles. The van der Waals surface area contributed by atoms with E-state index in [-0.39, 0.29) is 30.0 Å². The van der Waals surface area contributed by atoms with Gasteiger partial charge in [-0.15, -0.1) is 0 Å². The number of nitrogens with zero attached hydrogens (tertiary/aromatic N) is 1. The number of rotatable bonds is 6. The number of Topliss-reactive ketones (excluding diaryl/α,β-unsaturated/α-hetero) is 1. The zero-order chi connectivity index (χ0) is 24.7. The van der Waals surface area contributed by atoms with Gasteiger partial charge in [0.1, 0.15) is 5.60 Å². The Balaban J connectivity index is 1.29. The third kappa shape index (κ3) is 3.13. The van der Waals surface area contributed by atoms with Gasteiger partial charge in [0.25, 0.3) is 0 Å². The van der Waals surface area contributed by atoms with Crippen LogP contribution in [-0.4, -0.2) is 52.6 Å². The number of halogens is 1. The number of aromatic hydroxyl groups is 1. The molecule has 7 heteroatoms. The number of benzene rings is 2. The number of ketones is 1. The number of carbonyl (C=O) groups is 2. The minimum atomic E-state index is -0.851. The highest BCUT2D eigenvalue weighted by molar-refractivity contribution is 6.30. The Hall–Kier alpha value is -2.57. The summed E-state index contributed by atoms with van der Waals surface area (Å²) >= 11 is 6.14. The van der Waals surface area contributed by atoms with Gasteiger partial charge in [0.15, 0.2) is 23.4 Å². The second kappa shape index (κ2) is 7.96. The summed E-state index contributed by atoms with van der Waals surface area (Å²) in [6, 6.07) is 11.2. The highest BCUT2D eigenvalue weighted by Gasteiger charge is 2.75. The van der Waals surface area contributed by atoms with E-state index in [1.54, 1.807) is 6.07 Å². The van der Waals surface area contributed by atoms with E-state index in [2.05, 4.69) is 4.90 Å². The second-order valence-corrected chi connectivity index (χ2v) is 11.7. The number of aryl methyl sites for hydroxylation is 1. The molecule has 3 fully saturated rings. The van der Waals surface area contributed by atoms with Gasteiger partial charge in [-0.05, 0) is 80.3 Å². The van der Waals surface area contributed by atoms with Crippen LogP contribution in [0.4, 0.5) is 0 Å². The fourth-order valence-corrected chi connectivity index (χ4v) is 7.85. The molecule has 188 valence electrons. The molecule has 2 saturated carbocycles. The first-order valence-corrected chi connectivity index (χ1v) is 13.5. The highest BCUT2D eigenvalue weighted by atomic mass is 35.5. The highest BCUT2D eigenvalue weighted by Crippen LogP contribution is 2.66. The van der Waals surface area contributed by atoms with E-state index in [4.69, 9.17) is 21.1 Å². The number of carbonyl (C=O) groups excluding carboxylic acids is 2. The first-order valence-electron chi connectivity index (χ1n) is 13.2. The second-order valence-electron chi connectivity index (χ2n) is 11.3. The molecule has 1 N–H and O–H groups in total. The first kappa shape index (κ1) is 22.6. The molecule has 2 aromatic carbocycles. The fraction of sp³-hybridized carbons (Fsp3) is 0.517. The zero-order valence-electron chi connectivity index (χ0n) is 20.2. The minimum Gasteiger partial charge on any atom is -0.504 e. The normalized spacial score (nSPS) is 32.1. The molecule has 5 aliphatic rings. The third-order valence-electron chi connectivity index (χ3n) is 9.32. The Labute approximate surface area is 215 Å². The Bertz CT molecular complexity index is 1270. The molecule has 2 aromatic rings. The van der Waals surface area contributed by atoms with Crippen LogP contribution >= 0.6 is 11.6 Å². The monoisotopic (exact) mass is 507 g/mol. The molecule has 0 amide bonds. The maximum Gasteiger partial charge on any atom is 0.306 e. The number of phenolic OH excluding ortho intramolecular Hbond substituents is 1. The van der Waals surface area contributed by atoms with E-state index in [0.717, 1.165) is 36.2 Å². The summed E-state index contributed by atoms with van der Waals surface area (Å²) in [5.41, 5.74) is 1.41. The van der Waals surface area contributed by atoms with E-state index in [9.17, 15) is 14.7 Å². The van der Waals surface area contributed by atoms with Crippen molar-refractivity contribution >= 4 is 23.4 Å². The largest absolute Gasteiger partial charge is 0.504 e. The number of hydrogen-bond donors (Lipinski definition) is 1. The summed E-state index contributed by atoms with van der Waals surface area (Å²) in [5, 5.41) is 11.4. The lowest BCUT2D eigenvalue weighted by molar-refractivity contribution is -0.216. The van der Waals surface area contributed by atoms with Crippen molar-refractivity contribution in [3.05, 3.63) is 58.1 Å². The molecule has 1 unspecified atom stereocenters. The molecule has 0 radical (unpaired) electrons. The summed E-state index contributed by atoms with van der Waals surface area (Å²) in [7, 11) is 0.